The molecule has 0 spiro atoms. The zero-order chi connectivity index (χ0) is 15.3. The van der Waals surface area contributed by atoms with Crippen LogP contribution in [-0.2, 0) is 4.79 Å². The number of hydrogen-bond donors (Lipinski definition) is 2. The Balaban J connectivity index is 2.92. The molecule has 5 nitrogen and oxygen atoms in total. The fraction of sp³-hybridized carbons (Fsp3) is 0.429. The predicted octanol–water partition coefficient (Wildman–Crippen LogP) is 2.06. The van der Waals surface area contributed by atoms with Crippen LogP contribution in [0.1, 0.15) is 30.6 Å². The lowest BCUT2D eigenvalue weighted by Gasteiger charge is -2.17. The summed E-state index contributed by atoms with van der Waals surface area (Å²) in [6.07, 6.45) is 0.270. The van der Waals surface area contributed by atoms with E-state index in [4.69, 9.17) is 9.84 Å². The molecule has 2 N–H and O–H groups in total. The van der Waals surface area contributed by atoms with Gasteiger partial charge in [-0.15, -0.1) is 0 Å². The number of aliphatic carboxylic acids is 1. The van der Waals surface area contributed by atoms with Gasteiger partial charge in [0.15, 0.2) is 11.6 Å². The molecule has 0 aromatic heterocycles. The van der Waals surface area contributed by atoms with Gasteiger partial charge in [-0.2, -0.15) is 0 Å². The molecular formula is C14H18FNO4. The lowest BCUT2D eigenvalue weighted by atomic mass is 10.0. The number of methoxy groups -OCH3 is 1. The first kappa shape index (κ1) is 15.9. The van der Waals surface area contributed by atoms with Crippen molar-refractivity contribution in [3.8, 4) is 5.75 Å². The van der Waals surface area contributed by atoms with Crippen molar-refractivity contribution in [2.45, 2.75) is 26.3 Å². The van der Waals surface area contributed by atoms with Crippen LogP contribution in [0.25, 0.3) is 0 Å². The van der Waals surface area contributed by atoms with Crippen LogP contribution in [0.15, 0.2) is 18.2 Å². The number of nitrogens with one attached hydrogen (secondary N) is 1. The van der Waals surface area contributed by atoms with Gasteiger partial charge in [-0.1, -0.05) is 19.9 Å². The molecule has 1 atom stereocenters. The molecule has 0 fully saturated rings. The molecule has 0 aliphatic rings. The number of carboxylic acid groups (broad SMARTS) is 1. The summed E-state index contributed by atoms with van der Waals surface area (Å²) in [4.78, 5) is 23.0. The second-order valence-electron chi connectivity index (χ2n) is 4.82. The van der Waals surface area contributed by atoms with Crippen molar-refractivity contribution >= 4 is 11.9 Å². The molecule has 20 heavy (non-hydrogen) atoms. The van der Waals surface area contributed by atoms with E-state index < -0.39 is 23.7 Å². The van der Waals surface area contributed by atoms with E-state index in [1.165, 1.54) is 25.3 Å². The molecule has 6 heteroatoms. The van der Waals surface area contributed by atoms with E-state index in [0.29, 0.717) is 0 Å². The number of benzene rings is 1. The fourth-order valence-electron chi connectivity index (χ4n) is 1.77. The van der Waals surface area contributed by atoms with E-state index in [1.54, 1.807) is 0 Å². The van der Waals surface area contributed by atoms with Gasteiger partial charge in [-0.05, 0) is 24.5 Å². The molecule has 1 amide bonds. The molecule has 0 aliphatic carbocycles. The zero-order valence-corrected chi connectivity index (χ0v) is 11.6. The zero-order valence-electron chi connectivity index (χ0n) is 11.6. The molecule has 1 aromatic carbocycles. The molecule has 0 heterocycles. The van der Waals surface area contributed by atoms with Gasteiger partial charge in [0.25, 0.3) is 5.91 Å². The van der Waals surface area contributed by atoms with E-state index in [2.05, 4.69) is 5.32 Å². The third kappa shape index (κ3) is 3.94. The maximum atomic E-state index is 13.9. The Morgan fingerprint density at radius 2 is 2.05 bits per heavy atom. The van der Waals surface area contributed by atoms with Gasteiger partial charge in [0.05, 0.1) is 12.7 Å². The normalized spacial score (nSPS) is 12.1. The molecule has 0 bridgehead atoms. The Labute approximate surface area is 116 Å². The Bertz CT molecular complexity index is 502. The number of hydrogen-bond acceptors (Lipinski definition) is 3. The van der Waals surface area contributed by atoms with Gasteiger partial charge in [-0.3, -0.25) is 4.79 Å². The first-order valence-corrected chi connectivity index (χ1v) is 6.23. The SMILES string of the molecule is COc1cccc(C(=O)N[C@@H](CC(C)C)C(=O)O)c1F. The topological polar surface area (TPSA) is 75.6 Å². The van der Waals surface area contributed by atoms with Gasteiger partial charge in [0, 0.05) is 0 Å². The van der Waals surface area contributed by atoms with Crippen molar-refractivity contribution in [3.63, 3.8) is 0 Å². The van der Waals surface area contributed by atoms with Crippen LogP contribution in [0.2, 0.25) is 0 Å². The van der Waals surface area contributed by atoms with E-state index >= 15 is 0 Å². The Morgan fingerprint density at radius 3 is 2.55 bits per heavy atom. The van der Waals surface area contributed by atoms with Crippen LogP contribution in [-0.4, -0.2) is 30.1 Å². The Hall–Kier alpha value is -2.11. The van der Waals surface area contributed by atoms with E-state index in [1.807, 2.05) is 13.8 Å². The van der Waals surface area contributed by atoms with Crippen LogP contribution in [0.5, 0.6) is 5.75 Å². The molecule has 1 rings (SSSR count). The van der Waals surface area contributed by atoms with Gasteiger partial charge >= 0.3 is 5.97 Å². The lowest BCUT2D eigenvalue weighted by molar-refractivity contribution is -0.139. The van der Waals surface area contributed by atoms with Gasteiger partial charge in [0.2, 0.25) is 0 Å². The number of rotatable bonds is 6. The Kier molecular flexibility index (Phi) is 5.49. The Morgan fingerprint density at radius 1 is 1.40 bits per heavy atom. The van der Waals surface area contributed by atoms with Crippen LogP contribution in [0.3, 0.4) is 0 Å². The standard InChI is InChI=1S/C14H18FNO4/c1-8(2)7-10(14(18)19)16-13(17)9-5-4-6-11(20-3)12(9)15/h4-6,8,10H,7H2,1-3H3,(H,16,17)(H,18,19)/t10-/m0/s1. The van der Waals surface area contributed by atoms with E-state index in [0.717, 1.165) is 0 Å². The molecule has 0 unspecified atom stereocenters. The van der Waals surface area contributed by atoms with Crippen molar-refractivity contribution in [2.24, 2.45) is 5.92 Å². The van der Waals surface area contributed by atoms with Crippen molar-refractivity contribution in [2.75, 3.05) is 7.11 Å². The monoisotopic (exact) mass is 283 g/mol. The average Bonchev–Trinajstić information content (AvgIpc) is 2.37. The van der Waals surface area contributed by atoms with Gasteiger partial charge < -0.3 is 15.2 Å². The first-order chi connectivity index (χ1) is 9.36. The summed E-state index contributed by atoms with van der Waals surface area (Å²) in [7, 11) is 1.29. The summed E-state index contributed by atoms with van der Waals surface area (Å²) < 4.78 is 18.7. The van der Waals surface area contributed by atoms with Crippen LogP contribution >= 0.6 is 0 Å². The first-order valence-electron chi connectivity index (χ1n) is 6.23. The maximum Gasteiger partial charge on any atom is 0.326 e. The number of halogens is 1. The third-order valence-electron chi connectivity index (χ3n) is 2.74. The highest BCUT2D eigenvalue weighted by Gasteiger charge is 2.24. The number of amides is 1. The van der Waals surface area contributed by atoms with Crippen molar-refractivity contribution in [1.82, 2.24) is 5.32 Å². The van der Waals surface area contributed by atoms with Crippen LogP contribution < -0.4 is 10.1 Å². The number of ether oxygens (including phenoxy) is 1. The fourth-order valence-corrected chi connectivity index (χ4v) is 1.77. The molecule has 0 saturated heterocycles. The van der Waals surface area contributed by atoms with E-state index in [-0.39, 0.29) is 23.7 Å². The number of carbonyl (C=O) groups excluding carboxylic acids is 1. The van der Waals surface area contributed by atoms with Gasteiger partial charge in [0.1, 0.15) is 6.04 Å². The van der Waals surface area contributed by atoms with Crippen LogP contribution in [0, 0.1) is 11.7 Å². The highest BCUT2D eigenvalue weighted by Crippen LogP contribution is 2.20. The smallest absolute Gasteiger partial charge is 0.326 e. The summed E-state index contributed by atoms with van der Waals surface area (Å²) in [5.74, 6) is -2.69. The van der Waals surface area contributed by atoms with Crippen molar-refractivity contribution < 1.29 is 23.8 Å². The highest BCUT2D eigenvalue weighted by molar-refractivity contribution is 5.97. The number of carboxylic acids is 1. The van der Waals surface area contributed by atoms with Gasteiger partial charge in [-0.25, -0.2) is 9.18 Å². The maximum absolute atomic E-state index is 13.9. The minimum absolute atomic E-state index is 0.0617. The minimum atomic E-state index is -1.14. The summed E-state index contributed by atoms with van der Waals surface area (Å²) in [6, 6.07) is 3.08. The third-order valence-corrected chi connectivity index (χ3v) is 2.74. The quantitative estimate of drug-likeness (QED) is 0.838. The molecule has 0 aliphatic heterocycles. The van der Waals surface area contributed by atoms with Crippen molar-refractivity contribution in [1.29, 1.82) is 0 Å². The minimum Gasteiger partial charge on any atom is -0.494 e. The second kappa shape index (κ2) is 6.88. The molecule has 0 saturated carbocycles. The molecule has 110 valence electrons. The highest BCUT2D eigenvalue weighted by atomic mass is 19.1. The lowest BCUT2D eigenvalue weighted by Crippen LogP contribution is -2.41. The molecule has 0 radical (unpaired) electrons. The summed E-state index contributed by atoms with van der Waals surface area (Å²) in [6.45, 7) is 3.68. The molecule has 1 aromatic rings. The van der Waals surface area contributed by atoms with Crippen LogP contribution in [0.4, 0.5) is 4.39 Å². The number of carbonyl (C=O) groups is 2. The average molecular weight is 283 g/mol. The largest absolute Gasteiger partial charge is 0.494 e. The molecular weight excluding hydrogens is 265 g/mol. The summed E-state index contributed by atoms with van der Waals surface area (Å²) >= 11 is 0. The second-order valence-corrected chi connectivity index (χ2v) is 4.82. The predicted molar refractivity (Wildman–Crippen MR) is 71.3 cm³/mol. The summed E-state index contributed by atoms with van der Waals surface area (Å²) in [5.41, 5.74) is -0.237. The van der Waals surface area contributed by atoms with E-state index in [9.17, 15) is 14.0 Å². The van der Waals surface area contributed by atoms with Crippen molar-refractivity contribution in [3.05, 3.63) is 29.6 Å². The summed E-state index contributed by atoms with van der Waals surface area (Å²) in [5, 5.41) is 11.4.